The third kappa shape index (κ3) is 4.70. The first kappa shape index (κ1) is 17.3. The zero-order chi connectivity index (χ0) is 15.9. The van der Waals surface area contributed by atoms with Crippen LogP contribution in [0.15, 0.2) is 4.99 Å². The van der Waals surface area contributed by atoms with Crippen LogP contribution in [0.5, 0.6) is 0 Å². The molecule has 0 spiro atoms. The van der Waals surface area contributed by atoms with Gasteiger partial charge in [0.1, 0.15) is 0 Å². The van der Waals surface area contributed by atoms with Crippen LogP contribution in [0.4, 0.5) is 0 Å². The van der Waals surface area contributed by atoms with E-state index >= 15 is 0 Å². The van der Waals surface area contributed by atoms with Crippen molar-refractivity contribution >= 4 is 17.3 Å². The Bertz CT molecular complexity index is 487. The standard InChI is InChI=1S/C17H30N4S/c1-5-15-14(4)22-16(20-15)7-10-19-17(18-6-2)21-11-8-13(3)9-12-21/h13H,5-12H2,1-4H3,(H,18,19). The number of nitrogens with one attached hydrogen (secondary N) is 1. The van der Waals surface area contributed by atoms with Crippen molar-refractivity contribution in [2.24, 2.45) is 10.9 Å². The van der Waals surface area contributed by atoms with E-state index in [4.69, 9.17) is 9.98 Å². The van der Waals surface area contributed by atoms with E-state index in [1.807, 2.05) is 11.3 Å². The van der Waals surface area contributed by atoms with Gasteiger partial charge in [-0.3, -0.25) is 4.99 Å². The van der Waals surface area contributed by atoms with Crippen LogP contribution >= 0.6 is 11.3 Å². The molecule has 4 nitrogen and oxygen atoms in total. The average molecular weight is 323 g/mol. The summed E-state index contributed by atoms with van der Waals surface area (Å²) >= 11 is 1.83. The summed E-state index contributed by atoms with van der Waals surface area (Å²) in [4.78, 5) is 13.3. The van der Waals surface area contributed by atoms with Gasteiger partial charge in [-0.1, -0.05) is 13.8 Å². The summed E-state index contributed by atoms with van der Waals surface area (Å²) in [5, 5.41) is 4.66. The summed E-state index contributed by atoms with van der Waals surface area (Å²) in [5.41, 5.74) is 1.25. The fraction of sp³-hybridized carbons (Fsp3) is 0.765. The highest BCUT2D eigenvalue weighted by atomic mass is 32.1. The van der Waals surface area contributed by atoms with Crippen molar-refractivity contribution in [2.75, 3.05) is 26.2 Å². The van der Waals surface area contributed by atoms with E-state index in [0.717, 1.165) is 50.9 Å². The number of thiazole rings is 1. The number of guanidine groups is 1. The van der Waals surface area contributed by atoms with Crippen molar-refractivity contribution < 1.29 is 0 Å². The highest BCUT2D eigenvalue weighted by molar-refractivity contribution is 7.11. The van der Waals surface area contributed by atoms with Gasteiger partial charge >= 0.3 is 0 Å². The minimum atomic E-state index is 0.824. The molecule has 1 N–H and O–H groups in total. The van der Waals surface area contributed by atoms with Crippen LogP contribution in [-0.4, -0.2) is 42.0 Å². The van der Waals surface area contributed by atoms with Crippen molar-refractivity contribution in [3.63, 3.8) is 0 Å². The number of likely N-dealkylation sites (tertiary alicyclic amines) is 1. The number of aromatic nitrogens is 1. The van der Waals surface area contributed by atoms with Crippen molar-refractivity contribution in [1.82, 2.24) is 15.2 Å². The largest absolute Gasteiger partial charge is 0.357 e. The quantitative estimate of drug-likeness (QED) is 0.668. The molecule has 2 heterocycles. The molecule has 1 aliphatic heterocycles. The van der Waals surface area contributed by atoms with Crippen LogP contribution in [0.25, 0.3) is 0 Å². The number of aryl methyl sites for hydroxylation is 2. The highest BCUT2D eigenvalue weighted by Crippen LogP contribution is 2.19. The normalized spacial score (nSPS) is 17.1. The Morgan fingerprint density at radius 2 is 2.09 bits per heavy atom. The van der Waals surface area contributed by atoms with E-state index in [9.17, 15) is 0 Å². The summed E-state index contributed by atoms with van der Waals surface area (Å²) in [6.45, 7) is 12.8. The van der Waals surface area contributed by atoms with Crippen molar-refractivity contribution in [2.45, 2.75) is 53.4 Å². The van der Waals surface area contributed by atoms with Gasteiger partial charge in [-0.25, -0.2) is 4.98 Å². The molecule has 22 heavy (non-hydrogen) atoms. The molecule has 0 bridgehead atoms. The molecular weight excluding hydrogens is 292 g/mol. The minimum Gasteiger partial charge on any atom is -0.357 e. The lowest BCUT2D eigenvalue weighted by Gasteiger charge is -2.33. The lowest BCUT2D eigenvalue weighted by molar-refractivity contribution is 0.273. The fourth-order valence-electron chi connectivity index (χ4n) is 2.83. The third-order valence-corrected chi connectivity index (χ3v) is 5.35. The zero-order valence-electron chi connectivity index (χ0n) is 14.5. The number of hydrogen-bond donors (Lipinski definition) is 1. The second-order valence-corrected chi connectivity index (χ2v) is 7.41. The first-order valence-electron chi connectivity index (χ1n) is 8.62. The molecule has 0 unspecified atom stereocenters. The van der Waals surface area contributed by atoms with E-state index in [1.165, 1.54) is 28.4 Å². The molecular formula is C17H30N4S. The Balaban J connectivity index is 1.91. The van der Waals surface area contributed by atoms with Gasteiger partial charge in [-0.05, 0) is 39.0 Å². The molecule has 2 rings (SSSR count). The molecule has 1 saturated heterocycles. The number of nitrogens with zero attached hydrogens (tertiary/aromatic N) is 3. The van der Waals surface area contributed by atoms with Crippen LogP contribution in [0, 0.1) is 12.8 Å². The molecule has 5 heteroatoms. The smallest absolute Gasteiger partial charge is 0.193 e. The average Bonchev–Trinajstić information content (AvgIpc) is 2.87. The van der Waals surface area contributed by atoms with Crippen LogP contribution in [0.2, 0.25) is 0 Å². The van der Waals surface area contributed by atoms with Crippen LogP contribution in [-0.2, 0) is 12.8 Å². The molecule has 1 aliphatic rings. The Morgan fingerprint density at radius 1 is 1.36 bits per heavy atom. The number of aliphatic imine (C=N–C) groups is 1. The SMILES string of the molecule is CCNC(=NCCc1nc(CC)c(C)s1)N1CCC(C)CC1. The summed E-state index contributed by atoms with van der Waals surface area (Å²) in [7, 11) is 0. The highest BCUT2D eigenvalue weighted by Gasteiger charge is 2.18. The summed E-state index contributed by atoms with van der Waals surface area (Å²) in [6, 6.07) is 0. The number of hydrogen-bond acceptors (Lipinski definition) is 3. The number of piperidine rings is 1. The van der Waals surface area contributed by atoms with E-state index in [0.29, 0.717) is 0 Å². The molecule has 0 aliphatic carbocycles. The Hall–Kier alpha value is -1.10. The second kappa shape index (κ2) is 8.51. The lowest BCUT2D eigenvalue weighted by atomic mass is 10.00. The topological polar surface area (TPSA) is 40.5 Å². The molecule has 1 fully saturated rings. The predicted octanol–water partition coefficient (Wildman–Crippen LogP) is 3.25. The molecule has 0 radical (unpaired) electrons. The summed E-state index contributed by atoms with van der Waals surface area (Å²) < 4.78 is 0. The van der Waals surface area contributed by atoms with E-state index in [-0.39, 0.29) is 0 Å². The molecule has 0 saturated carbocycles. The Labute approximate surface area is 139 Å². The molecule has 0 atom stereocenters. The van der Waals surface area contributed by atoms with Gasteiger partial charge in [-0.15, -0.1) is 11.3 Å². The van der Waals surface area contributed by atoms with Gasteiger partial charge in [0, 0.05) is 37.5 Å². The summed E-state index contributed by atoms with van der Waals surface area (Å²) in [5.74, 6) is 1.93. The maximum Gasteiger partial charge on any atom is 0.193 e. The van der Waals surface area contributed by atoms with Crippen LogP contribution in [0.3, 0.4) is 0 Å². The molecule has 0 amide bonds. The Kier molecular flexibility index (Phi) is 6.68. The molecule has 0 aromatic carbocycles. The third-order valence-electron chi connectivity index (χ3n) is 4.28. The van der Waals surface area contributed by atoms with Crippen molar-refractivity contribution in [1.29, 1.82) is 0 Å². The minimum absolute atomic E-state index is 0.824. The van der Waals surface area contributed by atoms with Gasteiger partial charge in [0.2, 0.25) is 0 Å². The molecule has 1 aromatic rings. The van der Waals surface area contributed by atoms with Gasteiger partial charge in [0.25, 0.3) is 0 Å². The first-order valence-corrected chi connectivity index (χ1v) is 9.44. The lowest BCUT2D eigenvalue weighted by Crippen LogP contribution is -2.45. The molecule has 124 valence electrons. The first-order chi connectivity index (χ1) is 10.6. The van der Waals surface area contributed by atoms with Gasteiger partial charge < -0.3 is 10.2 Å². The van der Waals surface area contributed by atoms with E-state index in [2.05, 4.69) is 37.9 Å². The second-order valence-electron chi connectivity index (χ2n) is 6.12. The predicted molar refractivity (Wildman–Crippen MR) is 95.9 cm³/mol. The van der Waals surface area contributed by atoms with Gasteiger partial charge in [0.05, 0.1) is 10.7 Å². The zero-order valence-corrected chi connectivity index (χ0v) is 15.3. The maximum atomic E-state index is 4.82. The van der Waals surface area contributed by atoms with E-state index in [1.54, 1.807) is 0 Å². The Morgan fingerprint density at radius 3 is 2.68 bits per heavy atom. The van der Waals surface area contributed by atoms with Crippen molar-refractivity contribution in [3.05, 3.63) is 15.6 Å². The maximum absolute atomic E-state index is 4.82. The van der Waals surface area contributed by atoms with Gasteiger partial charge in [-0.2, -0.15) is 0 Å². The van der Waals surface area contributed by atoms with Crippen LogP contribution in [0.1, 0.15) is 49.2 Å². The van der Waals surface area contributed by atoms with E-state index < -0.39 is 0 Å². The van der Waals surface area contributed by atoms with Gasteiger partial charge in [0.15, 0.2) is 5.96 Å². The van der Waals surface area contributed by atoms with Crippen LogP contribution < -0.4 is 5.32 Å². The fourth-order valence-corrected chi connectivity index (χ4v) is 3.84. The summed E-state index contributed by atoms with van der Waals surface area (Å²) in [6.07, 6.45) is 4.52. The van der Waals surface area contributed by atoms with Crippen molar-refractivity contribution in [3.8, 4) is 0 Å². The monoisotopic (exact) mass is 322 g/mol. The molecule has 1 aromatic heterocycles. The number of rotatable bonds is 5.